The van der Waals surface area contributed by atoms with Crippen molar-refractivity contribution in [2.24, 2.45) is 0 Å². The topological polar surface area (TPSA) is 6.48 Å². The first kappa shape index (κ1) is 13.3. The molecule has 4 atom stereocenters. The van der Waals surface area contributed by atoms with Crippen LogP contribution in [0.15, 0.2) is 0 Å². The molecule has 2 saturated heterocycles. The van der Waals surface area contributed by atoms with Crippen molar-refractivity contribution in [1.82, 2.24) is 9.80 Å². The van der Waals surface area contributed by atoms with Gasteiger partial charge in [0.2, 0.25) is 0 Å². The van der Waals surface area contributed by atoms with E-state index in [-0.39, 0.29) is 0 Å². The first-order chi connectivity index (χ1) is 8.78. The van der Waals surface area contributed by atoms with Gasteiger partial charge in [0, 0.05) is 36.5 Å². The lowest BCUT2D eigenvalue weighted by atomic mass is 10.0. The molecule has 3 fully saturated rings. The highest BCUT2D eigenvalue weighted by Gasteiger charge is 2.39. The Labute approximate surface area is 116 Å². The Bertz CT molecular complexity index is 284. The van der Waals surface area contributed by atoms with Gasteiger partial charge in [0.1, 0.15) is 0 Å². The molecule has 0 radical (unpaired) electrons. The lowest BCUT2D eigenvalue weighted by Gasteiger charge is -2.45. The maximum absolute atomic E-state index is 2.86. The summed E-state index contributed by atoms with van der Waals surface area (Å²) in [4.78, 5) is 5.61. The van der Waals surface area contributed by atoms with Crippen LogP contribution in [-0.2, 0) is 0 Å². The van der Waals surface area contributed by atoms with Crippen LogP contribution >= 0.6 is 11.8 Å². The number of thioether (sulfide) groups is 1. The van der Waals surface area contributed by atoms with Gasteiger partial charge in [0.15, 0.2) is 0 Å². The average Bonchev–Trinajstić information content (AvgIpc) is 2.96. The fraction of sp³-hybridized carbons (Fsp3) is 1.00. The summed E-state index contributed by atoms with van der Waals surface area (Å²) in [6, 6.07) is 2.57. The summed E-state index contributed by atoms with van der Waals surface area (Å²) >= 11 is 2.19. The summed E-state index contributed by atoms with van der Waals surface area (Å²) in [6.45, 7) is 8.80. The molecule has 104 valence electrons. The van der Waals surface area contributed by atoms with Gasteiger partial charge in [-0.25, -0.2) is 0 Å². The van der Waals surface area contributed by atoms with E-state index in [1.807, 2.05) is 0 Å². The van der Waals surface area contributed by atoms with E-state index in [1.165, 1.54) is 57.5 Å². The molecule has 3 rings (SSSR count). The molecule has 0 aromatic heterocycles. The highest BCUT2D eigenvalue weighted by atomic mass is 32.2. The lowest BCUT2D eigenvalue weighted by Crippen LogP contribution is -2.57. The van der Waals surface area contributed by atoms with Crippen LogP contribution in [0.2, 0.25) is 0 Å². The monoisotopic (exact) mass is 268 g/mol. The molecular formula is C15H28N2S. The van der Waals surface area contributed by atoms with E-state index in [0.29, 0.717) is 0 Å². The second-order valence-corrected chi connectivity index (χ2v) is 7.96. The van der Waals surface area contributed by atoms with Crippen LogP contribution in [0, 0.1) is 0 Å². The molecule has 0 bridgehead atoms. The van der Waals surface area contributed by atoms with Crippen molar-refractivity contribution in [3.05, 3.63) is 0 Å². The van der Waals surface area contributed by atoms with Gasteiger partial charge in [-0.2, -0.15) is 11.8 Å². The average molecular weight is 268 g/mol. The molecule has 3 aliphatic rings. The van der Waals surface area contributed by atoms with E-state index in [2.05, 4.69) is 35.4 Å². The molecule has 1 aliphatic carbocycles. The number of rotatable bonds is 3. The standard InChI is InChI=1S/C15H28N2S/c1-3-18-15-7-6-13(9-15)17-11-14-5-4-8-16(14)10-12(17)2/h12-15H,3-11H2,1-2H3. The second-order valence-electron chi connectivity index (χ2n) is 6.38. The maximum Gasteiger partial charge on any atom is 0.0224 e. The minimum absolute atomic E-state index is 0.787. The van der Waals surface area contributed by atoms with E-state index < -0.39 is 0 Å². The molecule has 0 N–H and O–H groups in total. The molecule has 2 heterocycles. The number of hydrogen-bond acceptors (Lipinski definition) is 3. The van der Waals surface area contributed by atoms with Crippen molar-refractivity contribution >= 4 is 11.8 Å². The normalized spacial score (nSPS) is 42.3. The van der Waals surface area contributed by atoms with Crippen molar-refractivity contribution in [3.8, 4) is 0 Å². The summed E-state index contributed by atoms with van der Waals surface area (Å²) in [5.41, 5.74) is 0. The quantitative estimate of drug-likeness (QED) is 0.777. The summed E-state index contributed by atoms with van der Waals surface area (Å²) in [7, 11) is 0. The Kier molecular flexibility index (Phi) is 4.21. The summed E-state index contributed by atoms with van der Waals surface area (Å²) in [5, 5.41) is 0.953. The first-order valence-corrected chi connectivity index (χ1v) is 8.94. The van der Waals surface area contributed by atoms with E-state index in [9.17, 15) is 0 Å². The Hall–Kier alpha value is 0.270. The van der Waals surface area contributed by atoms with E-state index in [0.717, 1.165) is 23.4 Å². The van der Waals surface area contributed by atoms with Gasteiger partial charge < -0.3 is 0 Å². The molecule has 0 amide bonds. The molecule has 18 heavy (non-hydrogen) atoms. The third kappa shape index (κ3) is 2.59. The Morgan fingerprint density at radius 3 is 2.83 bits per heavy atom. The van der Waals surface area contributed by atoms with Gasteiger partial charge in [-0.05, 0) is 51.3 Å². The molecule has 0 aromatic carbocycles. The fourth-order valence-corrected chi connectivity index (χ4v) is 5.46. The van der Waals surface area contributed by atoms with Crippen molar-refractivity contribution in [3.63, 3.8) is 0 Å². The molecule has 1 saturated carbocycles. The Morgan fingerprint density at radius 1 is 1.11 bits per heavy atom. The van der Waals surface area contributed by atoms with Gasteiger partial charge in [0.25, 0.3) is 0 Å². The van der Waals surface area contributed by atoms with Crippen molar-refractivity contribution in [1.29, 1.82) is 0 Å². The molecule has 2 nitrogen and oxygen atoms in total. The van der Waals surface area contributed by atoms with Crippen LogP contribution in [-0.4, -0.2) is 58.6 Å². The zero-order chi connectivity index (χ0) is 12.5. The molecule has 0 spiro atoms. The van der Waals surface area contributed by atoms with Gasteiger partial charge in [-0.3, -0.25) is 9.80 Å². The third-order valence-electron chi connectivity index (χ3n) is 5.21. The molecule has 4 unspecified atom stereocenters. The predicted octanol–water partition coefficient (Wildman–Crippen LogP) is 2.83. The van der Waals surface area contributed by atoms with Gasteiger partial charge in [-0.15, -0.1) is 0 Å². The molecule has 3 heteroatoms. The van der Waals surface area contributed by atoms with Gasteiger partial charge >= 0.3 is 0 Å². The summed E-state index contributed by atoms with van der Waals surface area (Å²) in [6.07, 6.45) is 7.25. The number of fused-ring (bicyclic) bond motifs is 1. The zero-order valence-corrected chi connectivity index (χ0v) is 12.8. The Balaban J connectivity index is 1.58. The lowest BCUT2D eigenvalue weighted by molar-refractivity contribution is 0.0299. The molecular weight excluding hydrogens is 240 g/mol. The van der Waals surface area contributed by atoms with Crippen LogP contribution in [0.5, 0.6) is 0 Å². The van der Waals surface area contributed by atoms with Crippen molar-refractivity contribution in [2.45, 2.75) is 69.3 Å². The summed E-state index contributed by atoms with van der Waals surface area (Å²) in [5.74, 6) is 1.29. The summed E-state index contributed by atoms with van der Waals surface area (Å²) < 4.78 is 0. The van der Waals surface area contributed by atoms with E-state index >= 15 is 0 Å². The van der Waals surface area contributed by atoms with Crippen LogP contribution in [0.3, 0.4) is 0 Å². The number of nitrogens with zero attached hydrogens (tertiary/aromatic N) is 2. The minimum atomic E-state index is 0.787. The van der Waals surface area contributed by atoms with Crippen LogP contribution in [0.1, 0.15) is 46.0 Å². The second kappa shape index (κ2) is 5.72. The maximum atomic E-state index is 2.86. The van der Waals surface area contributed by atoms with E-state index in [4.69, 9.17) is 0 Å². The van der Waals surface area contributed by atoms with Crippen LogP contribution in [0.4, 0.5) is 0 Å². The van der Waals surface area contributed by atoms with Crippen LogP contribution in [0.25, 0.3) is 0 Å². The highest BCUT2D eigenvalue weighted by molar-refractivity contribution is 7.99. The smallest absolute Gasteiger partial charge is 0.0224 e. The highest BCUT2D eigenvalue weighted by Crippen LogP contribution is 2.36. The fourth-order valence-electron chi connectivity index (χ4n) is 4.32. The molecule has 2 aliphatic heterocycles. The molecule has 0 aromatic rings. The number of hydrogen-bond donors (Lipinski definition) is 0. The van der Waals surface area contributed by atoms with Crippen LogP contribution < -0.4 is 0 Å². The van der Waals surface area contributed by atoms with E-state index in [1.54, 1.807) is 0 Å². The SMILES string of the molecule is CCSC1CCC(N2CC3CCCN3CC2C)C1. The largest absolute Gasteiger partial charge is 0.298 e. The first-order valence-electron chi connectivity index (χ1n) is 7.89. The van der Waals surface area contributed by atoms with Crippen molar-refractivity contribution < 1.29 is 0 Å². The predicted molar refractivity (Wildman–Crippen MR) is 80.3 cm³/mol. The minimum Gasteiger partial charge on any atom is -0.298 e. The third-order valence-corrected chi connectivity index (χ3v) is 6.45. The van der Waals surface area contributed by atoms with Gasteiger partial charge in [-0.1, -0.05) is 6.92 Å². The number of piperazine rings is 1. The zero-order valence-electron chi connectivity index (χ0n) is 12.0. The van der Waals surface area contributed by atoms with Crippen molar-refractivity contribution in [2.75, 3.05) is 25.4 Å². The van der Waals surface area contributed by atoms with Gasteiger partial charge in [0.05, 0.1) is 0 Å². The Morgan fingerprint density at radius 2 is 2.00 bits per heavy atom.